The van der Waals surface area contributed by atoms with Crippen molar-refractivity contribution >= 4 is 16.7 Å². The van der Waals surface area contributed by atoms with E-state index in [1.165, 1.54) is 12.1 Å². The lowest BCUT2D eigenvalue weighted by molar-refractivity contribution is 0.130. The van der Waals surface area contributed by atoms with Gasteiger partial charge in [0, 0.05) is 49.6 Å². The number of ether oxygens (including phenoxy) is 1. The molecule has 160 valence electrons. The van der Waals surface area contributed by atoms with Crippen molar-refractivity contribution in [2.45, 2.75) is 37.8 Å². The van der Waals surface area contributed by atoms with Crippen molar-refractivity contribution < 1.29 is 9.13 Å². The molecule has 0 amide bonds. The van der Waals surface area contributed by atoms with E-state index in [0.717, 1.165) is 53.7 Å². The molecule has 5 rings (SSSR count). The minimum atomic E-state index is -0.272. The zero-order chi connectivity index (χ0) is 21.4. The lowest BCUT2D eigenvalue weighted by atomic mass is 9.93. The van der Waals surface area contributed by atoms with Gasteiger partial charge in [0.2, 0.25) is 0 Å². The Morgan fingerprint density at radius 3 is 2.68 bits per heavy atom. The van der Waals surface area contributed by atoms with Gasteiger partial charge in [0.1, 0.15) is 23.1 Å². The number of aryl methyl sites for hydroxylation is 1. The van der Waals surface area contributed by atoms with Gasteiger partial charge in [-0.1, -0.05) is 6.07 Å². The Morgan fingerprint density at radius 1 is 1.13 bits per heavy atom. The van der Waals surface area contributed by atoms with Gasteiger partial charge in [0.15, 0.2) is 0 Å². The minimum Gasteiger partial charge on any atom is -0.490 e. The van der Waals surface area contributed by atoms with Crippen molar-refractivity contribution in [2.75, 3.05) is 12.4 Å². The van der Waals surface area contributed by atoms with Crippen LogP contribution in [0.15, 0.2) is 48.9 Å². The molecule has 3 aromatic heterocycles. The molecule has 1 aromatic carbocycles. The minimum absolute atomic E-state index is 0.0900. The summed E-state index contributed by atoms with van der Waals surface area (Å²) in [7, 11) is 3.77. The van der Waals surface area contributed by atoms with Crippen molar-refractivity contribution in [3.63, 3.8) is 0 Å². The molecule has 3 heterocycles. The summed E-state index contributed by atoms with van der Waals surface area (Å²) in [4.78, 5) is 4.50. The van der Waals surface area contributed by atoms with Gasteiger partial charge in [-0.25, -0.2) is 9.37 Å². The van der Waals surface area contributed by atoms with E-state index in [-0.39, 0.29) is 18.0 Å². The Kier molecular flexibility index (Phi) is 5.05. The first kappa shape index (κ1) is 19.5. The highest BCUT2D eigenvalue weighted by molar-refractivity contribution is 5.93. The van der Waals surface area contributed by atoms with E-state index < -0.39 is 0 Å². The molecule has 0 unspecified atom stereocenters. The van der Waals surface area contributed by atoms with Crippen LogP contribution in [0.2, 0.25) is 0 Å². The van der Waals surface area contributed by atoms with E-state index >= 15 is 0 Å². The summed E-state index contributed by atoms with van der Waals surface area (Å²) in [6.45, 7) is 0. The lowest BCUT2D eigenvalue weighted by Gasteiger charge is -2.29. The van der Waals surface area contributed by atoms with Gasteiger partial charge in [-0.05, 0) is 37.8 Å². The van der Waals surface area contributed by atoms with Crippen molar-refractivity contribution in [1.29, 1.82) is 0 Å². The maximum Gasteiger partial charge on any atom is 0.127 e. The number of fused-ring (bicyclic) bond motifs is 1. The summed E-state index contributed by atoms with van der Waals surface area (Å²) < 4.78 is 23.4. The fraction of sp³-hybridized carbons (Fsp3) is 0.348. The van der Waals surface area contributed by atoms with Gasteiger partial charge in [-0.15, -0.1) is 0 Å². The molecule has 8 heteroatoms. The highest BCUT2D eigenvalue weighted by Crippen LogP contribution is 2.36. The molecule has 0 bridgehead atoms. The number of rotatable bonds is 5. The number of benzene rings is 1. The first-order chi connectivity index (χ1) is 15.1. The van der Waals surface area contributed by atoms with E-state index in [4.69, 9.17) is 9.84 Å². The molecule has 4 aromatic rings. The van der Waals surface area contributed by atoms with E-state index in [9.17, 15) is 4.39 Å². The maximum atomic E-state index is 13.5. The lowest BCUT2D eigenvalue weighted by Crippen LogP contribution is -2.26. The quantitative estimate of drug-likeness (QED) is 0.512. The van der Waals surface area contributed by atoms with Crippen LogP contribution in [0.5, 0.6) is 5.75 Å². The number of aromatic nitrogens is 5. The molecule has 1 N–H and O–H groups in total. The first-order valence-electron chi connectivity index (χ1n) is 10.6. The van der Waals surface area contributed by atoms with Crippen molar-refractivity contribution in [1.82, 2.24) is 24.5 Å². The summed E-state index contributed by atoms with van der Waals surface area (Å²) in [6.07, 6.45) is 9.46. The van der Waals surface area contributed by atoms with Crippen LogP contribution < -0.4 is 10.1 Å². The molecule has 0 atom stereocenters. The van der Waals surface area contributed by atoms with E-state index in [1.54, 1.807) is 10.7 Å². The summed E-state index contributed by atoms with van der Waals surface area (Å²) in [5.74, 6) is 1.14. The van der Waals surface area contributed by atoms with Gasteiger partial charge in [0.05, 0.1) is 23.9 Å². The average Bonchev–Trinajstić information content (AvgIpc) is 3.37. The Labute approximate surface area is 179 Å². The Morgan fingerprint density at radius 2 is 1.97 bits per heavy atom. The summed E-state index contributed by atoms with van der Waals surface area (Å²) in [5.41, 5.74) is 2.94. The number of halogens is 1. The normalized spacial score (nSPS) is 18.9. The fourth-order valence-corrected chi connectivity index (χ4v) is 4.34. The first-order valence-corrected chi connectivity index (χ1v) is 10.6. The molecule has 1 saturated carbocycles. The molecular weight excluding hydrogens is 395 g/mol. The highest BCUT2D eigenvalue weighted by Gasteiger charge is 2.27. The van der Waals surface area contributed by atoms with Crippen LogP contribution in [0.1, 0.15) is 31.7 Å². The monoisotopic (exact) mass is 420 g/mol. The summed E-state index contributed by atoms with van der Waals surface area (Å²) in [6, 6.07) is 8.69. The zero-order valence-corrected chi connectivity index (χ0v) is 17.6. The molecule has 0 saturated heterocycles. The molecule has 1 aliphatic carbocycles. The SMILES string of the molecule is CNc1cc2c(cn1)c(-c1cnn(C)c1)nn2C1CCC(Oc2cccc(F)c2)CC1. The standard InChI is InChI=1S/C23H25FN6O/c1-25-22-11-21-20(13-26-22)23(15-12-27-29(2)14-15)28-30(21)17-6-8-18(9-7-17)31-19-5-3-4-16(24)10-19/h3-5,10-14,17-18H,6-9H2,1-2H3,(H,25,26). The Balaban J connectivity index is 1.41. The number of hydrogen-bond donors (Lipinski definition) is 1. The highest BCUT2D eigenvalue weighted by atomic mass is 19.1. The van der Waals surface area contributed by atoms with Gasteiger partial charge in [-0.2, -0.15) is 10.2 Å². The second-order valence-electron chi connectivity index (χ2n) is 8.04. The maximum absolute atomic E-state index is 13.5. The number of anilines is 1. The molecule has 1 fully saturated rings. The van der Waals surface area contributed by atoms with Gasteiger partial charge in [0.25, 0.3) is 0 Å². The van der Waals surface area contributed by atoms with Crippen LogP contribution in [0.25, 0.3) is 22.2 Å². The van der Waals surface area contributed by atoms with Crippen molar-refractivity contribution in [2.24, 2.45) is 7.05 Å². The topological polar surface area (TPSA) is 69.8 Å². The molecule has 0 aliphatic heterocycles. The second-order valence-corrected chi connectivity index (χ2v) is 8.04. The Hall–Kier alpha value is -3.42. The van der Waals surface area contributed by atoms with Crippen molar-refractivity contribution in [3.05, 3.63) is 54.7 Å². The number of pyridine rings is 1. The number of nitrogens with zero attached hydrogens (tertiary/aromatic N) is 5. The van der Waals surface area contributed by atoms with E-state index in [1.807, 2.05) is 38.8 Å². The molecule has 0 radical (unpaired) electrons. The molecule has 0 spiro atoms. The van der Waals surface area contributed by atoms with Crippen LogP contribution >= 0.6 is 0 Å². The second kappa shape index (κ2) is 8.02. The molecule has 31 heavy (non-hydrogen) atoms. The van der Waals surface area contributed by atoms with E-state index in [0.29, 0.717) is 5.75 Å². The molecule has 7 nitrogen and oxygen atoms in total. The smallest absolute Gasteiger partial charge is 0.127 e. The van der Waals surface area contributed by atoms with Crippen LogP contribution in [-0.2, 0) is 7.05 Å². The average molecular weight is 420 g/mol. The summed E-state index contributed by atoms with van der Waals surface area (Å²) in [5, 5.41) is 13.4. The van der Waals surface area contributed by atoms with Gasteiger partial charge >= 0.3 is 0 Å². The largest absolute Gasteiger partial charge is 0.490 e. The third kappa shape index (κ3) is 3.85. The summed E-state index contributed by atoms with van der Waals surface area (Å²) >= 11 is 0. The predicted octanol–water partition coefficient (Wildman–Crippen LogP) is 4.58. The molecule has 1 aliphatic rings. The Bertz CT molecular complexity index is 1210. The zero-order valence-electron chi connectivity index (χ0n) is 17.6. The molecular formula is C23H25FN6O. The van der Waals surface area contributed by atoms with Gasteiger partial charge in [-0.3, -0.25) is 9.36 Å². The number of hydrogen-bond acceptors (Lipinski definition) is 5. The third-order valence-electron chi connectivity index (χ3n) is 5.91. The van der Waals surface area contributed by atoms with E-state index in [2.05, 4.69) is 26.1 Å². The number of nitrogens with one attached hydrogen (secondary N) is 1. The predicted molar refractivity (Wildman–Crippen MR) is 118 cm³/mol. The fourth-order valence-electron chi connectivity index (χ4n) is 4.34. The van der Waals surface area contributed by atoms with Gasteiger partial charge < -0.3 is 10.1 Å². The van der Waals surface area contributed by atoms with Crippen LogP contribution in [0, 0.1) is 5.82 Å². The van der Waals surface area contributed by atoms with Crippen LogP contribution in [0.3, 0.4) is 0 Å². The van der Waals surface area contributed by atoms with Crippen LogP contribution in [-0.4, -0.2) is 37.7 Å². The third-order valence-corrected chi connectivity index (χ3v) is 5.91. The van der Waals surface area contributed by atoms with Crippen LogP contribution in [0.4, 0.5) is 10.2 Å². The van der Waals surface area contributed by atoms with Crippen molar-refractivity contribution in [3.8, 4) is 17.0 Å².